The summed E-state index contributed by atoms with van der Waals surface area (Å²) in [5.74, 6) is 0.305. The second-order valence-electron chi connectivity index (χ2n) is 4.98. The molecule has 0 unspecified atom stereocenters. The van der Waals surface area contributed by atoms with Gasteiger partial charge in [0.05, 0.1) is 33.9 Å². The van der Waals surface area contributed by atoms with E-state index in [4.69, 9.17) is 27.9 Å². The number of hydrogen-bond donors (Lipinski definition) is 1. The summed E-state index contributed by atoms with van der Waals surface area (Å²) in [5.41, 5.74) is 0.217. The van der Waals surface area contributed by atoms with Gasteiger partial charge >= 0.3 is 5.69 Å². The average Bonchev–Trinajstić information content (AvgIpc) is 2.59. The van der Waals surface area contributed by atoms with Crippen LogP contribution in [0.4, 0.5) is 23.0 Å². The second-order valence-corrected chi connectivity index (χ2v) is 5.76. The third kappa shape index (κ3) is 3.35. The lowest BCUT2D eigenvalue weighted by Gasteiger charge is -2.27. The van der Waals surface area contributed by atoms with Crippen LogP contribution < -0.4 is 10.2 Å². The molecule has 2 aromatic rings. The number of nitrogens with zero attached hydrogens (tertiary/aromatic N) is 4. The summed E-state index contributed by atoms with van der Waals surface area (Å²) in [5, 5.41) is 15.1. The Morgan fingerprint density at radius 2 is 2.00 bits per heavy atom. The molecule has 0 radical (unpaired) electrons. The standard InChI is InChI=1S/C14H13Cl2N5O3/c15-9-2-1-3-10(11(9)16)19-13-12(21(22)23)14(18-8-17-13)20-4-6-24-7-5-20/h1-3,8H,4-7H2,(H,17,18,19). The fourth-order valence-corrected chi connectivity index (χ4v) is 2.71. The molecule has 0 atom stereocenters. The Morgan fingerprint density at radius 3 is 2.71 bits per heavy atom. The van der Waals surface area contributed by atoms with Crippen molar-refractivity contribution in [2.75, 3.05) is 36.5 Å². The van der Waals surface area contributed by atoms with Gasteiger partial charge in [0, 0.05) is 13.1 Å². The predicted octanol–water partition coefficient (Wildman–Crippen LogP) is 3.27. The maximum absolute atomic E-state index is 11.6. The van der Waals surface area contributed by atoms with Gasteiger partial charge in [0.1, 0.15) is 6.33 Å². The number of benzene rings is 1. The minimum Gasteiger partial charge on any atom is -0.378 e. The summed E-state index contributed by atoms with van der Waals surface area (Å²) in [6.07, 6.45) is 1.28. The molecule has 0 spiro atoms. The highest BCUT2D eigenvalue weighted by atomic mass is 35.5. The molecule has 0 saturated carbocycles. The Bertz CT molecular complexity index is 768. The van der Waals surface area contributed by atoms with Gasteiger partial charge in [-0.15, -0.1) is 0 Å². The van der Waals surface area contributed by atoms with Gasteiger partial charge in [-0.3, -0.25) is 10.1 Å². The van der Waals surface area contributed by atoms with E-state index < -0.39 is 4.92 Å². The first-order valence-electron chi connectivity index (χ1n) is 7.11. The summed E-state index contributed by atoms with van der Waals surface area (Å²) in [6.45, 7) is 2.03. The van der Waals surface area contributed by atoms with Crippen LogP contribution in [-0.2, 0) is 4.74 Å². The molecular formula is C14H13Cl2N5O3. The lowest BCUT2D eigenvalue weighted by atomic mass is 10.3. The smallest absolute Gasteiger partial charge is 0.353 e. The lowest BCUT2D eigenvalue weighted by molar-refractivity contribution is -0.383. The van der Waals surface area contributed by atoms with Crippen molar-refractivity contribution in [3.8, 4) is 0 Å². The van der Waals surface area contributed by atoms with Gasteiger partial charge in [-0.1, -0.05) is 29.3 Å². The second kappa shape index (κ2) is 7.16. The van der Waals surface area contributed by atoms with Crippen LogP contribution in [0.1, 0.15) is 0 Å². The molecule has 1 aliphatic heterocycles. The highest BCUT2D eigenvalue weighted by Gasteiger charge is 2.28. The average molecular weight is 370 g/mol. The summed E-state index contributed by atoms with van der Waals surface area (Å²) >= 11 is 12.1. The van der Waals surface area contributed by atoms with E-state index in [0.29, 0.717) is 37.0 Å². The maximum atomic E-state index is 11.6. The minimum absolute atomic E-state index is 0.0562. The number of hydrogen-bond acceptors (Lipinski definition) is 7. The van der Waals surface area contributed by atoms with E-state index in [0.717, 1.165) is 0 Å². The molecule has 0 amide bonds. The number of aromatic nitrogens is 2. The summed E-state index contributed by atoms with van der Waals surface area (Å²) < 4.78 is 5.27. The van der Waals surface area contributed by atoms with Crippen LogP contribution in [0.3, 0.4) is 0 Å². The van der Waals surface area contributed by atoms with E-state index in [1.807, 2.05) is 0 Å². The summed E-state index contributed by atoms with van der Waals surface area (Å²) in [6, 6.07) is 4.98. The Hall–Kier alpha value is -2.16. The topological polar surface area (TPSA) is 93.4 Å². The van der Waals surface area contributed by atoms with Crippen LogP contribution in [0, 0.1) is 10.1 Å². The zero-order valence-corrected chi connectivity index (χ0v) is 13.9. The Kier molecular flexibility index (Phi) is 4.98. The first kappa shape index (κ1) is 16.7. The van der Waals surface area contributed by atoms with Gasteiger partial charge in [-0.05, 0) is 12.1 Å². The molecular weight excluding hydrogens is 357 g/mol. The van der Waals surface area contributed by atoms with Gasteiger partial charge in [0.25, 0.3) is 0 Å². The van der Waals surface area contributed by atoms with Crippen LogP contribution in [0.2, 0.25) is 10.0 Å². The number of ether oxygens (including phenoxy) is 1. The number of nitro groups is 1. The van der Waals surface area contributed by atoms with Crippen molar-refractivity contribution in [2.24, 2.45) is 0 Å². The number of anilines is 3. The molecule has 3 rings (SSSR count). The molecule has 1 aliphatic rings. The molecule has 2 heterocycles. The minimum atomic E-state index is -0.508. The summed E-state index contributed by atoms with van der Waals surface area (Å²) in [7, 11) is 0. The van der Waals surface area contributed by atoms with Crippen LogP contribution >= 0.6 is 23.2 Å². The van der Waals surface area contributed by atoms with Crippen molar-refractivity contribution < 1.29 is 9.66 Å². The van der Waals surface area contributed by atoms with E-state index in [1.54, 1.807) is 23.1 Å². The Morgan fingerprint density at radius 1 is 1.25 bits per heavy atom. The van der Waals surface area contributed by atoms with Crippen molar-refractivity contribution >= 4 is 46.2 Å². The van der Waals surface area contributed by atoms with E-state index in [9.17, 15) is 10.1 Å². The molecule has 1 saturated heterocycles. The van der Waals surface area contributed by atoms with E-state index in [1.165, 1.54) is 6.33 Å². The van der Waals surface area contributed by atoms with Gasteiger partial charge in [0.2, 0.25) is 11.6 Å². The SMILES string of the molecule is O=[N+]([O-])c1c(Nc2cccc(Cl)c2Cl)ncnc1N1CCOCC1. The third-order valence-corrected chi connectivity index (χ3v) is 4.32. The van der Waals surface area contributed by atoms with Gasteiger partial charge in [-0.25, -0.2) is 9.97 Å². The first-order valence-corrected chi connectivity index (χ1v) is 7.86. The number of rotatable bonds is 4. The molecule has 24 heavy (non-hydrogen) atoms. The molecule has 1 aromatic heterocycles. The molecule has 1 N–H and O–H groups in total. The summed E-state index contributed by atoms with van der Waals surface area (Å²) in [4.78, 5) is 21.0. The highest BCUT2D eigenvalue weighted by Crippen LogP contribution is 2.37. The van der Waals surface area contributed by atoms with Gasteiger partial charge in [-0.2, -0.15) is 0 Å². The van der Waals surface area contributed by atoms with Crippen LogP contribution in [0.5, 0.6) is 0 Å². The number of halogens is 2. The normalized spacial score (nSPS) is 14.5. The predicted molar refractivity (Wildman–Crippen MR) is 91.5 cm³/mol. The zero-order chi connectivity index (χ0) is 17.1. The molecule has 0 aliphatic carbocycles. The van der Waals surface area contributed by atoms with Crippen LogP contribution in [0.15, 0.2) is 24.5 Å². The third-order valence-electron chi connectivity index (χ3n) is 3.50. The van der Waals surface area contributed by atoms with Crippen molar-refractivity contribution in [1.29, 1.82) is 0 Å². The van der Waals surface area contributed by atoms with E-state index in [2.05, 4.69) is 15.3 Å². The van der Waals surface area contributed by atoms with Crippen LogP contribution in [0.25, 0.3) is 0 Å². The van der Waals surface area contributed by atoms with Crippen molar-refractivity contribution in [1.82, 2.24) is 9.97 Å². The Balaban J connectivity index is 2.01. The van der Waals surface area contributed by atoms with Crippen molar-refractivity contribution in [3.05, 3.63) is 44.7 Å². The fraction of sp³-hybridized carbons (Fsp3) is 0.286. The van der Waals surface area contributed by atoms with Gasteiger partial charge in [0.15, 0.2) is 0 Å². The number of nitrogens with one attached hydrogen (secondary N) is 1. The zero-order valence-electron chi connectivity index (χ0n) is 12.4. The largest absolute Gasteiger partial charge is 0.378 e. The molecule has 10 heteroatoms. The van der Waals surface area contributed by atoms with E-state index in [-0.39, 0.29) is 22.3 Å². The van der Waals surface area contributed by atoms with Crippen molar-refractivity contribution in [2.45, 2.75) is 0 Å². The fourth-order valence-electron chi connectivity index (χ4n) is 2.36. The lowest BCUT2D eigenvalue weighted by Crippen LogP contribution is -2.37. The molecule has 0 bridgehead atoms. The van der Waals surface area contributed by atoms with Crippen molar-refractivity contribution in [3.63, 3.8) is 0 Å². The molecule has 8 nitrogen and oxygen atoms in total. The van der Waals surface area contributed by atoms with E-state index >= 15 is 0 Å². The Labute approximate surface area is 147 Å². The molecule has 1 fully saturated rings. The highest BCUT2D eigenvalue weighted by molar-refractivity contribution is 6.43. The monoisotopic (exact) mass is 369 g/mol. The molecule has 1 aromatic carbocycles. The van der Waals surface area contributed by atoms with Gasteiger partial charge < -0.3 is 15.0 Å². The maximum Gasteiger partial charge on any atom is 0.353 e. The quantitative estimate of drug-likeness (QED) is 0.652. The molecule has 126 valence electrons. The number of morpholine rings is 1. The van der Waals surface area contributed by atoms with Crippen LogP contribution in [-0.4, -0.2) is 41.2 Å². The first-order chi connectivity index (χ1) is 11.6.